The van der Waals surface area contributed by atoms with Crippen molar-refractivity contribution in [3.05, 3.63) is 0 Å². The number of hydrogen-bond donors (Lipinski definition) is 0. The molecule has 3 heteroatoms. The summed E-state index contributed by atoms with van der Waals surface area (Å²) in [5.41, 5.74) is 0.121. The van der Waals surface area contributed by atoms with E-state index in [9.17, 15) is 4.79 Å². The van der Waals surface area contributed by atoms with E-state index in [0.717, 1.165) is 13.0 Å². The second kappa shape index (κ2) is 4.15. The van der Waals surface area contributed by atoms with Crippen LogP contribution in [0.2, 0.25) is 0 Å². The van der Waals surface area contributed by atoms with Gasteiger partial charge in [-0.15, -0.1) is 0 Å². The van der Waals surface area contributed by atoms with Gasteiger partial charge < -0.3 is 4.90 Å². The molecule has 0 bridgehead atoms. The zero-order chi connectivity index (χ0) is 10.1. The molecule has 1 aliphatic heterocycles. The molecule has 0 N–H and O–H groups in total. The number of halogens is 1. The maximum absolute atomic E-state index is 11.8. The SMILES string of the molecule is CC(C)(C)CC(=O)N1CCC[C@@H]1I. The molecule has 13 heavy (non-hydrogen) atoms. The van der Waals surface area contributed by atoms with Gasteiger partial charge in [0.25, 0.3) is 0 Å². The highest BCUT2D eigenvalue weighted by Gasteiger charge is 2.28. The van der Waals surface area contributed by atoms with E-state index in [2.05, 4.69) is 43.4 Å². The Labute approximate surface area is 94.2 Å². The highest BCUT2D eigenvalue weighted by atomic mass is 127. The van der Waals surface area contributed by atoms with Crippen LogP contribution in [0.3, 0.4) is 0 Å². The fraction of sp³-hybridized carbons (Fsp3) is 0.900. The smallest absolute Gasteiger partial charge is 0.223 e. The fourth-order valence-electron chi connectivity index (χ4n) is 1.56. The quantitative estimate of drug-likeness (QED) is 0.414. The number of nitrogens with zero attached hydrogens (tertiary/aromatic N) is 1. The van der Waals surface area contributed by atoms with E-state index in [1.54, 1.807) is 0 Å². The Morgan fingerprint density at radius 1 is 1.54 bits per heavy atom. The first-order valence-corrected chi connectivity index (χ1v) is 6.08. The Morgan fingerprint density at radius 3 is 2.54 bits per heavy atom. The summed E-state index contributed by atoms with van der Waals surface area (Å²) in [6.07, 6.45) is 3.01. The topological polar surface area (TPSA) is 20.3 Å². The maximum atomic E-state index is 11.8. The lowest BCUT2D eigenvalue weighted by Crippen LogP contribution is -2.34. The number of carbonyl (C=O) groups excluding carboxylic acids is 1. The maximum Gasteiger partial charge on any atom is 0.223 e. The highest BCUT2D eigenvalue weighted by Crippen LogP contribution is 2.27. The van der Waals surface area contributed by atoms with E-state index in [-0.39, 0.29) is 5.41 Å². The van der Waals surface area contributed by atoms with E-state index >= 15 is 0 Å². The van der Waals surface area contributed by atoms with E-state index in [1.807, 2.05) is 4.90 Å². The fourth-order valence-corrected chi connectivity index (χ4v) is 2.59. The number of hydrogen-bond acceptors (Lipinski definition) is 1. The normalized spacial score (nSPS) is 23.7. The summed E-state index contributed by atoms with van der Waals surface area (Å²) in [7, 11) is 0. The lowest BCUT2D eigenvalue weighted by atomic mass is 9.92. The number of carbonyl (C=O) groups is 1. The Hall–Kier alpha value is 0.200. The molecule has 0 aliphatic carbocycles. The molecule has 1 amide bonds. The van der Waals surface area contributed by atoms with Gasteiger partial charge in [-0.1, -0.05) is 43.4 Å². The third kappa shape index (κ3) is 3.44. The molecule has 0 aromatic rings. The number of alkyl halides is 1. The van der Waals surface area contributed by atoms with Crippen molar-refractivity contribution in [1.82, 2.24) is 4.90 Å². The van der Waals surface area contributed by atoms with Crippen molar-refractivity contribution in [1.29, 1.82) is 0 Å². The molecular formula is C10H18INO. The number of amides is 1. The molecule has 0 radical (unpaired) electrons. The van der Waals surface area contributed by atoms with Gasteiger partial charge in [0.2, 0.25) is 5.91 Å². The Kier molecular flexibility index (Phi) is 3.60. The minimum absolute atomic E-state index is 0.121. The van der Waals surface area contributed by atoms with E-state index in [4.69, 9.17) is 0 Å². The van der Waals surface area contributed by atoms with Gasteiger partial charge in [0.1, 0.15) is 0 Å². The average Bonchev–Trinajstić information content (AvgIpc) is 2.30. The van der Waals surface area contributed by atoms with Gasteiger partial charge in [-0.25, -0.2) is 0 Å². The van der Waals surface area contributed by atoms with Gasteiger partial charge in [-0.2, -0.15) is 0 Å². The standard InChI is InChI=1S/C10H18INO/c1-10(2,3)7-9(13)12-6-4-5-8(12)11/h8H,4-7H2,1-3H3/t8-/m1/s1. The predicted molar refractivity (Wildman–Crippen MR) is 62.8 cm³/mol. The summed E-state index contributed by atoms with van der Waals surface area (Å²) in [6, 6.07) is 0. The minimum atomic E-state index is 0.121. The van der Waals surface area contributed by atoms with Crippen LogP contribution in [0.5, 0.6) is 0 Å². The Balaban J connectivity index is 2.48. The zero-order valence-electron chi connectivity index (χ0n) is 8.64. The number of likely N-dealkylation sites (tertiary alicyclic amines) is 1. The highest BCUT2D eigenvalue weighted by molar-refractivity contribution is 14.1. The van der Waals surface area contributed by atoms with Crippen LogP contribution in [0.4, 0.5) is 0 Å². The van der Waals surface area contributed by atoms with Gasteiger partial charge in [0.05, 0.1) is 4.05 Å². The van der Waals surface area contributed by atoms with E-state index < -0.39 is 0 Å². The zero-order valence-corrected chi connectivity index (χ0v) is 10.8. The van der Waals surface area contributed by atoms with E-state index in [0.29, 0.717) is 16.4 Å². The summed E-state index contributed by atoms with van der Waals surface area (Å²) >= 11 is 2.37. The number of rotatable bonds is 1. The van der Waals surface area contributed by atoms with Crippen molar-refractivity contribution in [3.63, 3.8) is 0 Å². The second-order valence-electron chi connectivity index (χ2n) is 4.90. The first-order valence-electron chi connectivity index (χ1n) is 4.84. The molecule has 1 saturated heterocycles. The van der Waals surface area contributed by atoms with Crippen molar-refractivity contribution in [3.8, 4) is 0 Å². The van der Waals surface area contributed by atoms with Crippen LogP contribution < -0.4 is 0 Å². The molecular weight excluding hydrogens is 277 g/mol. The second-order valence-corrected chi connectivity index (χ2v) is 6.34. The van der Waals surface area contributed by atoms with Crippen molar-refractivity contribution in [2.45, 2.75) is 44.1 Å². The molecule has 1 atom stereocenters. The third-order valence-electron chi connectivity index (χ3n) is 2.18. The summed E-state index contributed by atoms with van der Waals surface area (Å²) in [5, 5.41) is 0. The first kappa shape index (κ1) is 11.3. The van der Waals surface area contributed by atoms with Gasteiger partial charge in [-0.05, 0) is 18.3 Å². The molecule has 76 valence electrons. The van der Waals surface area contributed by atoms with Gasteiger partial charge >= 0.3 is 0 Å². The monoisotopic (exact) mass is 295 g/mol. The first-order chi connectivity index (χ1) is 5.90. The minimum Gasteiger partial charge on any atom is -0.331 e. The van der Waals surface area contributed by atoms with Crippen LogP contribution >= 0.6 is 22.6 Å². The van der Waals surface area contributed by atoms with Crippen LogP contribution in [0.25, 0.3) is 0 Å². The third-order valence-corrected chi connectivity index (χ3v) is 3.48. The van der Waals surface area contributed by atoms with Crippen LogP contribution in [0.1, 0.15) is 40.0 Å². The molecule has 0 aromatic carbocycles. The Morgan fingerprint density at radius 2 is 2.15 bits per heavy atom. The predicted octanol–water partition coefficient (Wildman–Crippen LogP) is 2.81. The van der Waals surface area contributed by atoms with Crippen LogP contribution in [-0.2, 0) is 4.79 Å². The average molecular weight is 295 g/mol. The molecule has 0 aromatic heterocycles. The molecule has 1 rings (SSSR count). The molecule has 1 fully saturated rings. The van der Waals surface area contributed by atoms with E-state index in [1.165, 1.54) is 6.42 Å². The van der Waals surface area contributed by atoms with Gasteiger partial charge in [0.15, 0.2) is 0 Å². The summed E-state index contributed by atoms with van der Waals surface area (Å²) in [5.74, 6) is 0.324. The van der Waals surface area contributed by atoms with Crippen LogP contribution in [0.15, 0.2) is 0 Å². The summed E-state index contributed by atoms with van der Waals surface area (Å²) in [6.45, 7) is 7.30. The lowest BCUT2D eigenvalue weighted by molar-refractivity contribution is -0.132. The van der Waals surface area contributed by atoms with Gasteiger partial charge in [-0.3, -0.25) is 4.79 Å². The Bertz CT molecular complexity index is 198. The molecule has 1 heterocycles. The van der Waals surface area contributed by atoms with Crippen molar-refractivity contribution >= 4 is 28.5 Å². The largest absolute Gasteiger partial charge is 0.331 e. The van der Waals surface area contributed by atoms with Crippen molar-refractivity contribution < 1.29 is 4.79 Å². The molecule has 0 saturated carbocycles. The van der Waals surface area contributed by atoms with Crippen molar-refractivity contribution in [2.24, 2.45) is 5.41 Å². The van der Waals surface area contributed by atoms with Crippen molar-refractivity contribution in [2.75, 3.05) is 6.54 Å². The molecule has 1 aliphatic rings. The van der Waals surface area contributed by atoms with Crippen LogP contribution in [0, 0.1) is 5.41 Å². The molecule has 0 spiro atoms. The molecule has 0 unspecified atom stereocenters. The van der Waals surface area contributed by atoms with Gasteiger partial charge in [0, 0.05) is 13.0 Å². The lowest BCUT2D eigenvalue weighted by Gasteiger charge is -2.25. The summed E-state index contributed by atoms with van der Waals surface area (Å²) in [4.78, 5) is 13.8. The molecule has 2 nitrogen and oxygen atoms in total. The summed E-state index contributed by atoms with van der Waals surface area (Å²) < 4.78 is 0.437. The van der Waals surface area contributed by atoms with Crippen LogP contribution in [-0.4, -0.2) is 21.4 Å².